The Balaban J connectivity index is 1.70. The van der Waals surface area contributed by atoms with Crippen molar-refractivity contribution in [2.24, 2.45) is 11.7 Å². The summed E-state index contributed by atoms with van der Waals surface area (Å²) in [6, 6.07) is 8.25. The molecule has 1 aliphatic rings. The molecule has 1 fully saturated rings. The lowest BCUT2D eigenvalue weighted by atomic mass is 10.1. The molecular formula is C16H26N2O2. The number of hydrogen-bond acceptors (Lipinski definition) is 4. The third-order valence-electron chi connectivity index (χ3n) is 3.56. The molecule has 20 heavy (non-hydrogen) atoms. The Bertz CT molecular complexity index is 375. The van der Waals surface area contributed by atoms with Crippen LogP contribution < -0.4 is 10.5 Å². The molecule has 2 rings (SSSR count). The Kier molecular flexibility index (Phi) is 6.30. The molecule has 0 radical (unpaired) electrons. The van der Waals surface area contributed by atoms with Gasteiger partial charge in [0, 0.05) is 25.6 Å². The lowest BCUT2D eigenvalue weighted by Gasteiger charge is -2.29. The van der Waals surface area contributed by atoms with Crippen molar-refractivity contribution in [1.29, 1.82) is 0 Å². The molecule has 1 aliphatic heterocycles. The standard InChI is InChI=1S/C16H26N2O2/c1-14(12-18-8-10-19-11-9-18)13-20-16-4-2-15(3-5-16)6-7-17/h2-5,14H,6-13,17H2,1H3. The predicted molar refractivity (Wildman–Crippen MR) is 81.1 cm³/mol. The fraction of sp³-hybridized carbons (Fsp3) is 0.625. The molecular weight excluding hydrogens is 252 g/mol. The van der Waals surface area contributed by atoms with Gasteiger partial charge in [-0.1, -0.05) is 19.1 Å². The second-order valence-corrected chi connectivity index (χ2v) is 5.51. The summed E-state index contributed by atoms with van der Waals surface area (Å²) in [5.41, 5.74) is 6.81. The van der Waals surface area contributed by atoms with Gasteiger partial charge >= 0.3 is 0 Å². The van der Waals surface area contributed by atoms with Crippen LogP contribution in [0, 0.1) is 5.92 Å². The van der Waals surface area contributed by atoms with Gasteiger partial charge in [0.05, 0.1) is 19.8 Å². The minimum absolute atomic E-state index is 0.525. The molecule has 2 N–H and O–H groups in total. The summed E-state index contributed by atoms with van der Waals surface area (Å²) in [4.78, 5) is 2.45. The highest BCUT2D eigenvalue weighted by atomic mass is 16.5. The largest absolute Gasteiger partial charge is 0.493 e. The lowest BCUT2D eigenvalue weighted by Crippen LogP contribution is -2.39. The van der Waals surface area contributed by atoms with Crippen LogP contribution in [0.1, 0.15) is 12.5 Å². The van der Waals surface area contributed by atoms with Crippen molar-refractivity contribution in [3.05, 3.63) is 29.8 Å². The fourth-order valence-corrected chi connectivity index (χ4v) is 2.43. The Morgan fingerprint density at radius 3 is 2.60 bits per heavy atom. The van der Waals surface area contributed by atoms with Crippen LogP contribution in [0.4, 0.5) is 0 Å². The molecule has 0 aliphatic carbocycles. The van der Waals surface area contributed by atoms with Gasteiger partial charge in [0.25, 0.3) is 0 Å². The van der Waals surface area contributed by atoms with Gasteiger partial charge in [-0.3, -0.25) is 4.90 Å². The van der Waals surface area contributed by atoms with E-state index in [0.717, 1.165) is 51.6 Å². The van der Waals surface area contributed by atoms with E-state index < -0.39 is 0 Å². The van der Waals surface area contributed by atoms with Crippen molar-refractivity contribution in [3.63, 3.8) is 0 Å². The maximum absolute atomic E-state index is 5.85. The van der Waals surface area contributed by atoms with Crippen molar-refractivity contribution in [1.82, 2.24) is 4.90 Å². The van der Waals surface area contributed by atoms with Crippen LogP contribution in [0.3, 0.4) is 0 Å². The summed E-state index contributed by atoms with van der Waals surface area (Å²) in [6.07, 6.45) is 0.924. The maximum atomic E-state index is 5.85. The number of ether oxygens (including phenoxy) is 2. The average Bonchev–Trinajstić information content (AvgIpc) is 2.48. The van der Waals surface area contributed by atoms with Gasteiger partial charge < -0.3 is 15.2 Å². The number of nitrogens with zero attached hydrogens (tertiary/aromatic N) is 1. The number of benzene rings is 1. The molecule has 1 saturated heterocycles. The van der Waals surface area contributed by atoms with Crippen LogP contribution in [-0.4, -0.2) is 50.9 Å². The van der Waals surface area contributed by atoms with Crippen molar-refractivity contribution in [3.8, 4) is 5.75 Å². The van der Waals surface area contributed by atoms with Crippen LogP contribution in [0.5, 0.6) is 5.75 Å². The van der Waals surface area contributed by atoms with Crippen LogP contribution in [0.25, 0.3) is 0 Å². The zero-order valence-electron chi connectivity index (χ0n) is 12.4. The van der Waals surface area contributed by atoms with E-state index in [2.05, 4.69) is 24.0 Å². The van der Waals surface area contributed by atoms with Crippen molar-refractivity contribution < 1.29 is 9.47 Å². The van der Waals surface area contributed by atoms with Gasteiger partial charge in [-0.05, 0) is 30.7 Å². The summed E-state index contributed by atoms with van der Waals surface area (Å²) >= 11 is 0. The smallest absolute Gasteiger partial charge is 0.119 e. The van der Waals surface area contributed by atoms with Crippen molar-refractivity contribution >= 4 is 0 Å². The molecule has 0 saturated carbocycles. The quantitative estimate of drug-likeness (QED) is 0.822. The topological polar surface area (TPSA) is 47.7 Å². The third-order valence-corrected chi connectivity index (χ3v) is 3.56. The number of morpholine rings is 1. The zero-order chi connectivity index (χ0) is 14.2. The Morgan fingerprint density at radius 2 is 1.95 bits per heavy atom. The molecule has 0 amide bonds. The molecule has 4 nitrogen and oxygen atoms in total. The molecule has 0 bridgehead atoms. The van der Waals surface area contributed by atoms with Gasteiger partial charge in [0.2, 0.25) is 0 Å². The summed E-state index contributed by atoms with van der Waals surface area (Å²) < 4.78 is 11.2. The van der Waals surface area contributed by atoms with Crippen molar-refractivity contribution in [2.45, 2.75) is 13.3 Å². The molecule has 0 spiro atoms. The summed E-state index contributed by atoms with van der Waals surface area (Å²) in [5, 5.41) is 0. The second kappa shape index (κ2) is 8.25. The average molecular weight is 278 g/mol. The van der Waals surface area contributed by atoms with Gasteiger partial charge in [-0.25, -0.2) is 0 Å². The van der Waals surface area contributed by atoms with Crippen molar-refractivity contribution in [2.75, 3.05) is 46.0 Å². The molecule has 1 atom stereocenters. The highest BCUT2D eigenvalue weighted by Crippen LogP contribution is 2.14. The van der Waals surface area contributed by atoms with Crippen LogP contribution in [0.15, 0.2) is 24.3 Å². The van der Waals surface area contributed by atoms with E-state index >= 15 is 0 Å². The molecule has 4 heteroatoms. The first-order valence-electron chi connectivity index (χ1n) is 7.50. The summed E-state index contributed by atoms with van der Waals surface area (Å²) in [7, 11) is 0. The maximum Gasteiger partial charge on any atom is 0.119 e. The Hall–Kier alpha value is -1.10. The van der Waals surface area contributed by atoms with E-state index in [1.54, 1.807) is 0 Å². The van der Waals surface area contributed by atoms with E-state index in [0.29, 0.717) is 12.5 Å². The van der Waals surface area contributed by atoms with E-state index in [1.807, 2.05) is 12.1 Å². The first-order chi connectivity index (χ1) is 9.78. The van der Waals surface area contributed by atoms with E-state index in [-0.39, 0.29) is 0 Å². The Labute approximate surface area is 121 Å². The minimum atomic E-state index is 0.525. The highest BCUT2D eigenvalue weighted by Gasteiger charge is 2.14. The van der Waals surface area contributed by atoms with Crippen LogP contribution in [-0.2, 0) is 11.2 Å². The van der Waals surface area contributed by atoms with Gasteiger partial charge in [-0.15, -0.1) is 0 Å². The van der Waals surface area contributed by atoms with E-state index in [9.17, 15) is 0 Å². The van der Waals surface area contributed by atoms with Gasteiger partial charge in [0.15, 0.2) is 0 Å². The molecule has 1 heterocycles. The number of rotatable bonds is 7. The molecule has 1 aromatic carbocycles. The van der Waals surface area contributed by atoms with Gasteiger partial charge in [0.1, 0.15) is 5.75 Å². The Morgan fingerprint density at radius 1 is 1.25 bits per heavy atom. The zero-order valence-corrected chi connectivity index (χ0v) is 12.4. The molecule has 0 aromatic heterocycles. The minimum Gasteiger partial charge on any atom is -0.493 e. The summed E-state index contributed by atoms with van der Waals surface area (Å²) in [6.45, 7) is 8.56. The SMILES string of the molecule is CC(COc1ccc(CCN)cc1)CN1CCOCC1. The second-order valence-electron chi connectivity index (χ2n) is 5.51. The molecule has 112 valence electrons. The molecule has 1 aromatic rings. The third kappa shape index (κ3) is 5.12. The highest BCUT2D eigenvalue weighted by molar-refractivity contribution is 5.27. The van der Waals surface area contributed by atoms with Gasteiger partial charge in [-0.2, -0.15) is 0 Å². The van der Waals surface area contributed by atoms with Crippen LogP contribution >= 0.6 is 0 Å². The monoisotopic (exact) mass is 278 g/mol. The van der Waals surface area contributed by atoms with E-state index in [4.69, 9.17) is 15.2 Å². The van der Waals surface area contributed by atoms with Crippen LogP contribution in [0.2, 0.25) is 0 Å². The first kappa shape index (κ1) is 15.3. The van der Waals surface area contributed by atoms with E-state index in [1.165, 1.54) is 5.56 Å². The first-order valence-corrected chi connectivity index (χ1v) is 7.50. The normalized spacial score (nSPS) is 17.9. The lowest BCUT2D eigenvalue weighted by molar-refractivity contribution is 0.0283. The molecule has 1 unspecified atom stereocenters. The number of nitrogens with two attached hydrogens (primary N) is 1. The number of hydrogen-bond donors (Lipinski definition) is 1. The summed E-state index contributed by atoms with van der Waals surface area (Å²) in [5.74, 6) is 1.47. The fourth-order valence-electron chi connectivity index (χ4n) is 2.43. The predicted octanol–water partition coefficient (Wildman–Crippen LogP) is 1.53.